The first kappa shape index (κ1) is 12.4. The van der Waals surface area contributed by atoms with E-state index in [-0.39, 0.29) is 0 Å². The lowest BCUT2D eigenvalue weighted by Gasteiger charge is -2.11. The molecule has 0 bridgehead atoms. The van der Waals surface area contributed by atoms with Crippen molar-refractivity contribution in [3.63, 3.8) is 0 Å². The van der Waals surface area contributed by atoms with E-state index in [1.54, 1.807) is 10.9 Å². The van der Waals surface area contributed by atoms with Crippen LogP contribution < -0.4 is 5.32 Å². The van der Waals surface area contributed by atoms with Gasteiger partial charge in [-0.3, -0.25) is 9.67 Å². The van der Waals surface area contributed by atoms with Crippen LogP contribution in [0.5, 0.6) is 0 Å². The van der Waals surface area contributed by atoms with Gasteiger partial charge in [0.05, 0.1) is 19.3 Å². The van der Waals surface area contributed by atoms with Crippen molar-refractivity contribution in [3.8, 4) is 0 Å². The predicted octanol–water partition coefficient (Wildman–Crippen LogP) is 1.39. The van der Waals surface area contributed by atoms with Gasteiger partial charge in [-0.05, 0) is 12.3 Å². The van der Waals surface area contributed by atoms with Crippen molar-refractivity contribution in [2.45, 2.75) is 32.9 Å². The third-order valence-corrected chi connectivity index (χ3v) is 3.65. The number of amidine groups is 1. The number of aliphatic imine (C=N–C) groups is 1. The highest BCUT2D eigenvalue weighted by molar-refractivity contribution is 8.14. The maximum absolute atomic E-state index is 4.54. The number of hydrogen-bond donors (Lipinski definition) is 1. The summed E-state index contributed by atoms with van der Waals surface area (Å²) in [6.07, 6.45) is 4.76. The molecule has 0 aliphatic carbocycles. The van der Waals surface area contributed by atoms with Gasteiger partial charge in [-0.2, -0.15) is 0 Å². The van der Waals surface area contributed by atoms with E-state index in [1.807, 2.05) is 18.0 Å². The lowest BCUT2D eigenvalue weighted by Crippen LogP contribution is -2.28. The Balaban J connectivity index is 1.72. The van der Waals surface area contributed by atoms with E-state index in [0.29, 0.717) is 6.04 Å². The van der Waals surface area contributed by atoms with Crippen LogP contribution in [0.15, 0.2) is 17.4 Å². The van der Waals surface area contributed by atoms with Gasteiger partial charge < -0.3 is 5.32 Å². The standard InChI is InChI=1S/C11H19N5S/c1-9(2)7-10-8-17-11(14-10)12-3-5-16-6-4-13-15-16/h4,6,9-10H,3,5,7-8H2,1-2H3,(H,12,14). The van der Waals surface area contributed by atoms with Crippen LogP contribution in [0.4, 0.5) is 0 Å². The minimum absolute atomic E-state index is 0.588. The number of nitrogens with one attached hydrogen (secondary N) is 1. The number of hydrogen-bond acceptors (Lipinski definition) is 4. The summed E-state index contributed by atoms with van der Waals surface area (Å²) in [5.41, 5.74) is 0. The molecule has 2 rings (SSSR count). The van der Waals surface area contributed by atoms with Gasteiger partial charge in [0.25, 0.3) is 0 Å². The van der Waals surface area contributed by atoms with Gasteiger partial charge in [0.1, 0.15) is 0 Å². The molecule has 1 atom stereocenters. The second-order valence-electron chi connectivity index (χ2n) is 4.63. The van der Waals surface area contributed by atoms with Gasteiger partial charge in [-0.15, -0.1) is 5.10 Å². The zero-order valence-corrected chi connectivity index (χ0v) is 11.2. The maximum Gasteiger partial charge on any atom is 0.156 e. The maximum atomic E-state index is 4.54. The van der Waals surface area contributed by atoms with Gasteiger partial charge in [0.2, 0.25) is 0 Å². The number of nitrogens with zero attached hydrogens (tertiary/aromatic N) is 4. The Bertz CT molecular complexity index is 360. The molecule has 1 aliphatic rings. The van der Waals surface area contributed by atoms with Gasteiger partial charge in [0, 0.05) is 18.0 Å². The predicted molar refractivity (Wildman–Crippen MR) is 71.2 cm³/mol. The largest absolute Gasteiger partial charge is 0.361 e. The van der Waals surface area contributed by atoms with E-state index in [4.69, 9.17) is 0 Å². The molecule has 5 nitrogen and oxygen atoms in total. The molecule has 0 radical (unpaired) electrons. The Hall–Kier alpha value is -1.04. The topological polar surface area (TPSA) is 55.1 Å². The van der Waals surface area contributed by atoms with Gasteiger partial charge in [0.15, 0.2) is 5.17 Å². The van der Waals surface area contributed by atoms with Crippen molar-refractivity contribution in [1.29, 1.82) is 0 Å². The lowest BCUT2D eigenvalue weighted by molar-refractivity contribution is 0.502. The fourth-order valence-corrected chi connectivity index (χ4v) is 2.84. The molecule has 1 N–H and O–H groups in total. The molecule has 0 spiro atoms. The second-order valence-corrected chi connectivity index (χ2v) is 5.64. The average Bonchev–Trinajstić information content (AvgIpc) is 2.89. The van der Waals surface area contributed by atoms with Crippen LogP contribution in [-0.2, 0) is 6.54 Å². The molecule has 1 aromatic rings. The van der Waals surface area contributed by atoms with Crippen molar-refractivity contribution >= 4 is 16.9 Å². The smallest absolute Gasteiger partial charge is 0.156 e. The second kappa shape index (κ2) is 6.05. The molecular formula is C11H19N5S. The first-order valence-corrected chi connectivity index (χ1v) is 7.00. The fraction of sp³-hybridized carbons (Fsp3) is 0.727. The highest BCUT2D eigenvalue weighted by atomic mass is 32.2. The van der Waals surface area contributed by atoms with Crippen LogP contribution in [0.2, 0.25) is 0 Å². The Labute approximate surface area is 106 Å². The Morgan fingerprint density at radius 1 is 1.65 bits per heavy atom. The third kappa shape index (κ3) is 4.03. The van der Waals surface area contributed by atoms with Crippen molar-refractivity contribution in [3.05, 3.63) is 12.4 Å². The summed E-state index contributed by atoms with van der Waals surface area (Å²) in [5.74, 6) is 1.88. The molecule has 1 unspecified atom stereocenters. The van der Waals surface area contributed by atoms with Crippen molar-refractivity contribution in [2.24, 2.45) is 10.9 Å². The molecule has 94 valence electrons. The van der Waals surface area contributed by atoms with E-state index < -0.39 is 0 Å². The van der Waals surface area contributed by atoms with Crippen molar-refractivity contribution in [2.75, 3.05) is 12.3 Å². The van der Waals surface area contributed by atoms with E-state index in [1.165, 1.54) is 6.42 Å². The number of aromatic nitrogens is 3. The van der Waals surface area contributed by atoms with Crippen molar-refractivity contribution < 1.29 is 0 Å². The number of thioether (sulfide) groups is 1. The Kier molecular flexibility index (Phi) is 4.42. The Morgan fingerprint density at radius 3 is 3.24 bits per heavy atom. The van der Waals surface area contributed by atoms with Crippen LogP contribution >= 0.6 is 11.8 Å². The summed E-state index contributed by atoms with van der Waals surface area (Å²) < 4.78 is 1.80. The molecule has 0 amide bonds. The normalized spacial score (nSPS) is 22.3. The molecule has 1 fully saturated rings. The number of rotatable bonds is 5. The Morgan fingerprint density at radius 2 is 2.53 bits per heavy atom. The van der Waals surface area contributed by atoms with Crippen LogP contribution in [-0.4, -0.2) is 38.5 Å². The summed E-state index contributed by atoms with van der Waals surface area (Å²) >= 11 is 1.82. The fourth-order valence-electron chi connectivity index (χ4n) is 1.83. The first-order chi connectivity index (χ1) is 8.24. The molecule has 2 heterocycles. The molecule has 0 aromatic carbocycles. The van der Waals surface area contributed by atoms with E-state index in [9.17, 15) is 0 Å². The third-order valence-electron chi connectivity index (χ3n) is 2.56. The summed E-state index contributed by atoms with van der Waals surface area (Å²) in [6, 6.07) is 0.588. The zero-order chi connectivity index (χ0) is 12.1. The summed E-state index contributed by atoms with van der Waals surface area (Å²) in [5, 5.41) is 12.2. The first-order valence-electron chi connectivity index (χ1n) is 6.02. The molecule has 6 heteroatoms. The zero-order valence-electron chi connectivity index (χ0n) is 10.3. The molecule has 17 heavy (non-hydrogen) atoms. The van der Waals surface area contributed by atoms with Crippen LogP contribution in [0.3, 0.4) is 0 Å². The van der Waals surface area contributed by atoms with Gasteiger partial charge in [-0.1, -0.05) is 30.8 Å². The molecule has 1 saturated heterocycles. The lowest BCUT2D eigenvalue weighted by atomic mass is 10.1. The van der Waals surface area contributed by atoms with E-state index >= 15 is 0 Å². The minimum Gasteiger partial charge on any atom is -0.361 e. The van der Waals surface area contributed by atoms with Crippen LogP contribution in [0.25, 0.3) is 0 Å². The van der Waals surface area contributed by atoms with Crippen LogP contribution in [0.1, 0.15) is 20.3 Å². The quantitative estimate of drug-likeness (QED) is 0.861. The molecule has 0 saturated carbocycles. The minimum atomic E-state index is 0.588. The SMILES string of the molecule is CC(C)CC1CSC(=NCCn2ccnn2)N1. The van der Waals surface area contributed by atoms with Crippen molar-refractivity contribution in [1.82, 2.24) is 20.3 Å². The molecule has 1 aliphatic heterocycles. The van der Waals surface area contributed by atoms with Crippen LogP contribution in [0, 0.1) is 5.92 Å². The summed E-state index contributed by atoms with van der Waals surface area (Å²) in [6.45, 7) is 6.06. The molecular weight excluding hydrogens is 234 g/mol. The summed E-state index contributed by atoms with van der Waals surface area (Å²) in [4.78, 5) is 4.54. The highest BCUT2D eigenvalue weighted by Crippen LogP contribution is 2.18. The van der Waals surface area contributed by atoms with E-state index in [0.717, 1.165) is 29.9 Å². The summed E-state index contributed by atoms with van der Waals surface area (Å²) in [7, 11) is 0. The van der Waals surface area contributed by atoms with E-state index in [2.05, 4.69) is 34.5 Å². The molecule has 1 aromatic heterocycles. The van der Waals surface area contributed by atoms with Gasteiger partial charge >= 0.3 is 0 Å². The monoisotopic (exact) mass is 253 g/mol. The van der Waals surface area contributed by atoms with Gasteiger partial charge in [-0.25, -0.2) is 0 Å². The average molecular weight is 253 g/mol. The highest BCUT2D eigenvalue weighted by Gasteiger charge is 2.20.